The molecule has 0 aliphatic carbocycles. The number of nitrogens with zero attached hydrogens (tertiary/aromatic N) is 3. The van der Waals surface area contributed by atoms with Gasteiger partial charge in [0.1, 0.15) is 0 Å². The summed E-state index contributed by atoms with van der Waals surface area (Å²) in [5.41, 5.74) is 3.62. The zero-order chi connectivity index (χ0) is 12.2. The number of rotatable bonds is 2. The SMILES string of the molecule is [Cu+2].c1ccc(-c2cccnc2-c2ccccn2)nc1. The van der Waals surface area contributed by atoms with Gasteiger partial charge in [0.05, 0.1) is 17.1 Å². The molecule has 3 heterocycles. The molecule has 0 unspecified atom stereocenters. The second-order valence-corrected chi connectivity index (χ2v) is 3.83. The molecule has 4 heteroatoms. The largest absolute Gasteiger partial charge is 2.00 e. The van der Waals surface area contributed by atoms with Crippen LogP contribution in [0.2, 0.25) is 0 Å². The predicted molar refractivity (Wildman–Crippen MR) is 70.7 cm³/mol. The van der Waals surface area contributed by atoms with Gasteiger partial charge in [0, 0.05) is 24.2 Å². The maximum absolute atomic E-state index is 4.42. The van der Waals surface area contributed by atoms with Gasteiger partial charge in [0.2, 0.25) is 0 Å². The molecule has 0 amide bonds. The van der Waals surface area contributed by atoms with Crippen molar-refractivity contribution >= 4 is 0 Å². The minimum Gasteiger partial charge on any atom is -0.256 e. The van der Waals surface area contributed by atoms with E-state index in [2.05, 4.69) is 15.0 Å². The maximum Gasteiger partial charge on any atom is 2.00 e. The van der Waals surface area contributed by atoms with Crippen LogP contribution in [0.3, 0.4) is 0 Å². The third-order valence-electron chi connectivity index (χ3n) is 2.66. The van der Waals surface area contributed by atoms with Crippen LogP contribution >= 0.6 is 0 Å². The third kappa shape index (κ3) is 2.87. The van der Waals surface area contributed by atoms with Gasteiger partial charge in [0.15, 0.2) is 0 Å². The molecule has 3 rings (SSSR count). The summed E-state index contributed by atoms with van der Waals surface area (Å²) in [6.07, 6.45) is 5.33. The maximum atomic E-state index is 4.42. The number of hydrogen-bond acceptors (Lipinski definition) is 3. The van der Waals surface area contributed by atoms with Gasteiger partial charge in [-0.2, -0.15) is 0 Å². The summed E-state index contributed by atoms with van der Waals surface area (Å²) < 4.78 is 0. The predicted octanol–water partition coefficient (Wildman–Crippen LogP) is 3.20. The number of pyridine rings is 3. The summed E-state index contributed by atoms with van der Waals surface area (Å²) in [7, 11) is 0. The minimum atomic E-state index is 0. The Morgan fingerprint density at radius 3 is 1.84 bits per heavy atom. The van der Waals surface area contributed by atoms with E-state index in [1.807, 2.05) is 48.5 Å². The van der Waals surface area contributed by atoms with Crippen molar-refractivity contribution in [3.05, 3.63) is 67.1 Å². The van der Waals surface area contributed by atoms with Gasteiger partial charge in [0.25, 0.3) is 0 Å². The van der Waals surface area contributed by atoms with Crippen molar-refractivity contribution in [2.45, 2.75) is 0 Å². The Bertz CT molecular complexity index is 583. The molecule has 0 bridgehead atoms. The van der Waals surface area contributed by atoms with E-state index in [1.165, 1.54) is 0 Å². The van der Waals surface area contributed by atoms with Gasteiger partial charge in [-0.05, 0) is 36.4 Å². The van der Waals surface area contributed by atoms with Crippen LogP contribution in [0.25, 0.3) is 22.6 Å². The first-order chi connectivity index (χ1) is 8.95. The van der Waals surface area contributed by atoms with Crippen LogP contribution in [0.5, 0.6) is 0 Å². The molecule has 0 saturated heterocycles. The normalized spacial score (nSPS) is 9.68. The molecule has 0 N–H and O–H groups in total. The summed E-state index contributed by atoms with van der Waals surface area (Å²) in [6, 6.07) is 15.6. The Morgan fingerprint density at radius 2 is 1.21 bits per heavy atom. The smallest absolute Gasteiger partial charge is 0.256 e. The van der Waals surface area contributed by atoms with Gasteiger partial charge in [-0.25, -0.2) is 0 Å². The molecule has 3 nitrogen and oxygen atoms in total. The van der Waals surface area contributed by atoms with E-state index in [0.29, 0.717) is 0 Å². The molecule has 3 aromatic heterocycles. The molecule has 0 saturated carbocycles. The van der Waals surface area contributed by atoms with Crippen LogP contribution in [-0.4, -0.2) is 15.0 Å². The molecule has 95 valence electrons. The number of hydrogen-bond donors (Lipinski definition) is 0. The molecule has 0 aliphatic rings. The summed E-state index contributed by atoms with van der Waals surface area (Å²) in [5, 5.41) is 0. The topological polar surface area (TPSA) is 38.7 Å². The first-order valence-electron chi connectivity index (χ1n) is 5.73. The zero-order valence-electron chi connectivity index (χ0n) is 9.99. The number of aromatic nitrogens is 3. The second kappa shape index (κ2) is 6.23. The Labute approximate surface area is 122 Å². The van der Waals surface area contributed by atoms with Gasteiger partial charge < -0.3 is 0 Å². The monoisotopic (exact) mass is 296 g/mol. The average molecular weight is 297 g/mol. The summed E-state index contributed by atoms with van der Waals surface area (Å²) >= 11 is 0. The molecular formula is C15H11CuN3+2. The van der Waals surface area contributed by atoms with E-state index in [4.69, 9.17) is 0 Å². The fourth-order valence-corrected chi connectivity index (χ4v) is 1.84. The van der Waals surface area contributed by atoms with Gasteiger partial charge in [-0.3, -0.25) is 15.0 Å². The summed E-state index contributed by atoms with van der Waals surface area (Å²) in [5.74, 6) is 0. The molecule has 0 aliphatic heterocycles. The molecule has 3 aromatic rings. The van der Waals surface area contributed by atoms with Crippen LogP contribution in [0.4, 0.5) is 0 Å². The van der Waals surface area contributed by atoms with Crippen molar-refractivity contribution in [3.63, 3.8) is 0 Å². The van der Waals surface area contributed by atoms with Gasteiger partial charge in [-0.1, -0.05) is 12.1 Å². The fraction of sp³-hybridized carbons (Fsp3) is 0. The molecule has 0 fully saturated rings. The van der Waals surface area contributed by atoms with Crippen molar-refractivity contribution < 1.29 is 17.1 Å². The molecule has 0 spiro atoms. The van der Waals surface area contributed by atoms with Crippen LogP contribution in [0.1, 0.15) is 0 Å². The van der Waals surface area contributed by atoms with Crippen LogP contribution < -0.4 is 0 Å². The van der Waals surface area contributed by atoms with E-state index in [0.717, 1.165) is 22.6 Å². The molecule has 19 heavy (non-hydrogen) atoms. The van der Waals surface area contributed by atoms with Crippen molar-refractivity contribution in [2.24, 2.45) is 0 Å². The first kappa shape index (κ1) is 13.4. The first-order valence-corrected chi connectivity index (χ1v) is 5.73. The summed E-state index contributed by atoms with van der Waals surface area (Å²) in [4.78, 5) is 13.1. The van der Waals surface area contributed by atoms with Crippen molar-refractivity contribution in [2.75, 3.05) is 0 Å². The van der Waals surface area contributed by atoms with E-state index in [1.54, 1.807) is 18.6 Å². The minimum absolute atomic E-state index is 0. The Morgan fingerprint density at radius 1 is 0.579 bits per heavy atom. The molecule has 0 atom stereocenters. The van der Waals surface area contributed by atoms with Gasteiger partial charge >= 0.3 is 17.1 Å². The summed E-state index contributed by atoms with van der Waals surface area (Å²) in [6.45, 7) is 0. The molecule has 0 aromatic carbocycles. The van der Waals surface area contributed by atoms with E-state index in [9.17, 15) is 0 Å². The fourth-order valence-electron chi connectivity index (χ4n) is 1.84. The molecular weight excluding hydrogens is 286 g/mol. The van der Waals surface area contributed by atoms with E-state index >= 15 is 0 Å². The van der Waals surface area contributed by atoms with Crippen molar-refractivity contribution in [1.82, 2.24) is 15.0 Å². The third-order valence-corrected chi connectivity index (χ3v) is 2.66. The quantitative estimate of drug-likeness (QED) is 0.682. The van der Waals surface area contributed by atoms with E-state index < -0.39 is 0 Å². The Balaban J connectivity index is 0.00000133. The standard InChI is InChI=1S/C15H11N3.Cu/c1-3-9-16-13(7-1)12-6-5-11-18-15(12)14-8-2-4-10-17-14;/h1-11H;/q;+2. The van der Waals surface area contributed by atoms with Crippen molar-refractivity contribution in [3.8, 4) is 22.6 Å². The van der Waals surface area contributed by atoms with Crippen LogP contribution in [0, 0.1) is 0 Å². The van der Waals surface area contributed by atoms with Crippen LogP contribution in [-0.2, 0) is 17.1 Å². The van der Waals surface area contributed by atoms with E-state index in [-0.39, 0.29) is 17.1 Å². The second-order valence-electron chi connectivity index (χ2n) is 3.83. The Kier molecular flexibility index (Phi) is 4.39. The van der Waals surface area contributed by atoms with Crippen LogP contribution in [0.15, 0.2) is 67.1 Å². The zero-order valence-corrected chi connectivity index (χ0v) is 10.9. The van der Waals surface area contributed by atoms with Gasteiger partial charge in [-0.15, -0.1) is 0 Å². The Hall–Kier alpha value is -2.03. The molecule has 1 radical (unpaired) electrons. The van der Waals surface area contributed by atoms with Crippen molar-refractivity contribution in [1.29, 1.82) is 0 Å². The average Bonchev–Trinajstić information content (AvgIpc) is 2.49.